The molecule has 0 spiro atoms. The van der Waals surface area contributed by atoms with Crippen molar-refractivity contribution in [2.24, 2.45) is 0 Å². The van der Waals surface area contributed by atoms with E-state index < -0.39 is 12.2 Å². The molecule has 2 atom stereocenters. The maximum absolute atomic E-state index is 9.60. The van der Waals surface area contributed by atoms with Gasteiger partial charge in [-0.25, -0.2) is 0 Å². The Hall–Kier alpha value is -1.16. The molecule has 2 rings (SSSR count). The first kappa shape index (κ1) is 17.2. The van der Waals surface area contributed by atoms with Gasteiger partial charge in [0.2, 0.25) is 0 Å². The van der Waals surface area contributed by atoms with Crippen molar-refractivity contribution in [2.75, 3.05) is 6.61 Å². The molecule has 3 heteroatoms. The van der Waals surface area contributed by atoms with E-state index in [2.05, 4.69) is 12.1 Å². The number of unbranched alkanes of at least 4 members (excludes halogenated alkanes) is 3. The third-order valence-electron chi connectivity index (χ3n) is 4.21. The lowest BCUT2D eigenvalue weighted by molar-refractivity contribution is 0.0368. The number of benzene rings is 1. The molecule has 0 saturated heterocycles. The average molecular weight is 304 g/mol. The fraction of sp³-hybridized carbons (Fsp3) is 0.579. The maximum Gasteiger partial charge on any atom is 0.0982 e. The van der Waals surface area contributed by atoms with Gasteiger partial charge in [-0.1, -0.05) is 54.8 Å². The summed E-state index contributed by atoms with van der Waals surface area (Å²) in [5.41, 5.74) is 2.53. The van der Waals surface area contributed by atoms with E-state index in [1.165, 1.54) is 24.0 Å². The highest BCUT2D eigenvalue weighted by Gasteiger charge is 2.19. The van der Waals surface area contributed by atoms with Crippen LogP contribution in [-0.2, 0) is 11.3 Å². The van der Waals surface area contributed by atoms with Crippen molar-refractivity contribution < 1.29 is 14.9 Å². The first-order valence-electron chi connectivity index (χ1n) is 8.43. The zero-order valence-electron chi connectivity index (χ0n) is 13.3. The van der Waals surface area contributed by atoms with Gasteiger partial charge in [0.05, 0.1) is 18.8 Å². The molecule has 0 heterocycles. The number of ether oxygens (including phenoxy) is 1. The molecule has 22 heavy (non-hydrogen) atoms. The van der Waals surface area contributed by atoms with Gasteiger partial charge >= 0.3 is 0 Å². The molecule has 1 aromatic carbocycles. The Labute approximate surface area is 133 Å². The smallest absolute Gasteiger partial charge is 0.0982 e. The summed E-state index contributed by atoms with van der Waals surface area (Å²) in [7, 11) is 0. The van der Waals surface area contributed by atoms with Gasteiger partial charge in [0.25, 0.3) is 0 Å². The molecule has 1 aliphatic carbocycles. The molecule has 2 unspecified atom stereocenters. The van der Waals surface area contributed by atoms with Crippen LogP contribution in [0.15, 0.2) is 42.0 Å². The van der Waals surface area contributed by atoms with E-state index in [1.54, 1.807) is 0 Å². The van der Waals surface area contributed by atoms with Crippen molar-refractivity contribution in [3.05, 3.63) is 47.5 Å². The summed E-state index contributed by atoms with van der Waals surface area (Å²) in [6.07, 6.45) is 7.95. The van der Waals surface area contributed by atoms with Crippen LogP contribution in [0.1, 0.15) is 50.5 Å². The summed E-state index contributed by atoms with van der Waals surface area (Å²) < 4.78 is 5.67. The van der Waals surface area contributed by atoms with Crippen LogP contribution in [0, 0.1) is 0 Å². The van der Waals surface area contributed by atoms with Crippen LogP contribution in [0.3, 0.4) is 0 Å². The highest BCUT2D eigenvalue weighted by molar-refractivity contribution is 5.13. The highest BCUT2D eigenvalue weighted by Crippen LogP contribution is 2.23. The molecule has 0 aromatic heterocycles. The molecule has 0 aliphatic heterocycles. The number of rotatable bonds is 9. The Bertz CT molecular complexity index is 441. The first-order valence-corrected chi connectivity index (χ1v) is 8.43. The van der Waals surface area contributed by atoms with Gasteiger partial charge in [-0.2, -0.15) is 0 Å². The largest absolute Gasteiger partial charge is 0.390 e. The fourth-order valence-electron chi connectivity index (χ4n) is 2.82. The molecule has 1 aromatic rings. The number of aliphatic hydroxyl groups excluding tert-OH is 2. The van der Waals surface area contributed by atoms with Gasteiger partial charge in [-0.15, -0.1) is 0 Å². The molecule has 2 N–H and O–H groups in total. The number of hydrogen-bond donors (Lipinski definition) is 2. The van der Waals surface area contributed by atoms with E-state index in [9.17, 15) is 10.2 Å². The molecule has 0 saturated carbocycles. The Morgan fingerprint density at radius 1 is 1.00 bits per heavy atom. The average Bonchev–Trinajstić information content (AvgIpc) is 2.54. The lowest BCUT2D eigenvalue weighted by Crippen LogP contribution is -2.27. The van der Waals surface area contributed by atoms with E-state index in [0.29, 0.717) is 13.0 Å². The number of aliphatic hydroxyl groups is 2. The van der Waals surface area contributed by atoms with Crippen molar-refractivity contribution in [1.82, 2.24) is 0 Å². The summed E-state index contributed by atoms with van der Waals surface area (Å²) >= 11 is 0. The van der Waals surface area contributed by atoms with Crippen LogP contribution >= 0.6 is 0 Å². The second-order valence-electron chi connectivity index (χ2n) is 6.12. The van der Waals surface area contributed by atoms with Crippen LogP contribution in [0.25, 0.3) is 0 Å². The van der Waals surface area contributed by atoms with Crippen LogP contribution in [0.2, 0.25) is 0 Å². The molecule has 3 nitrogen and oxygen atoms in total. The highest BCUT2D eigenvalue weighted by atomic mass is 16.5. The number of hydrogen-bond acceptors (Lipinski definition) is 3. The maximum atomic E-state index is 9.60. The minimum absolute atomic E-state index is 0.564. The molecule has 0 amide bonds. The van der Waals surface area contributed by atoms with E-state index >= 15 is 0 Å². The Morgan fingerprint density at radius 2 is 1.77 bits per heavy atom. The van der Waals surface area contributed by atoms with Gasteiger partial charge in [0.15, 0.2) is 0 Å². The predicted octanol–water partition coefficient (Wildman–Crippen LogP) is 3.60. The topological polar surface area (TPSA) is 49.7 Å². The van der Waals surface area contributed by atoms with E-state index in [4.69, 9.17) is 4.74 Å². The zero-order valence-corrected chi connectivity index (χ0v) is 13.3. The summed E-state index contributed by atoms with van der Waals surface area (Å²) in [4.78, 5) is 0. The first-order chi connectivity index (χ1) is 10.8. The molecule has 0 radical (unpaired) electrons. The fourth-order valence-corrected chi connectivity index (χ4v) is 2.82. The van der Waals surface area contributed by atoms with E-state index in [0.717, 1.165) is 32.3 Å². The van der Waals surface area contributed by atoms with Gasteiger partial charge in [0.1, 0.15) is 0 Å². The van der Waals surface area contributed by atoms with Crippen molar-refractivity contribution in [3.8, 4) is 0 Å². The zero-order chi connectivity index (χ0) is 15.6. The quantitative estimate of drug-likeness (QED) is 0.541. The molecule has 0 bridgehead atoms. The van der Waals surface area contributed by atoms with Crippen LogP contribution in [-0.4, -0.2) is 29.0 Å². The minimum Gasteiger partial charge on any atom is -0.390 e. The molecular weight excluding hydrogens is 276 g/mol. The third-order valence-corrected chi connectivity index (χ3v) is 4.21. The van der Waals surface area contributed by atoms with Crippen molar-refractivity contribution in [2.45, 2.75) is 63.8 Å². The normalized spacial score (nSPS) is 21.6. The lowest BCUT2D eigenvalue weighted by atomic mass is 9.91. The van der Waals surface area contributed by atoms with Crippen LogP contribution in [0.4, 0.5) is 0 Å². The molecule has 0 fully saturated rings. The SMILES string of the molecule is OC1C=C(CCCCCCOCc2ccccc2)CCC1O. The van der Waals surface area contributed by atoms with Gasteiger partial charge < -0.3 is 14.9 Å². The second-order valence-corrected chi connectivity index (χ2v) is 6.12. The molecular formula is C19H28O3. The van der Waals surface area contributed by atoms with Crippen molar-refractivity contribution in [3.63, 3.8) is 0 Å². The van der Waals surface area contributed by atoms with Crippen LogP contribution < -0.4 is 0 Å². The minimum atomic E-state index is -0.657. The van der Waals surface area contributed by atoms with Crippen LogP contribution in [0.5, 0.6) is 0 Å². The van der Waals surface area contributed by atoms with Gasteiger partial charge in [-0.3, -0.25) is 0 Å². The summed E-state index contributed by atoms with van der Waals surface area (Å²) in [6, 6.07) is 10.3. The summed E-state index contributed by atoms with van der Waals surface area (Å²) in [5.74, 6) is 0. The second kappa shape index (κ2) is 9.78. The predicted molar refractivity (Wildman–Crippen MR) is 88.5 cm³/mol. The van der Waals surface area contributed by atoms with Gasteiger partial charge in [-0.05, 0) is 37.7 Å². The number of allylic oxidation sites excluding steroid dienone is 1. The summed E-state index contributed by atoms with van der Waals surface area (Å²) in [5, 5.41) is 19.1. The monoisotopic (exact) mass is 304 g/mol. The van der Waals surface area contributed by atoms with E-state index in [-0.39, 0.29) is 0 Å². The standard InChI is InChI=1S/C19H28O3/c20-18-12-11-16(14-19(18)21)8-4-1-2-7-13-22-15-17-9-5-3-6-10-17/h3,5-6,9-10,14,18-21H,1-2,4,7-8,11-13,15H2. The van der Waals surface area contributed by atoms with Gasteiger partial charge in [0, 0.05) is 6.61 Å². The summed E-state index contributed by atoms with van der Waals surface area (Å²) in [6.45, 7) is 1.52. The Morgan fingerprint density at radius 3 is 2.55 bits per heavy atom. The Kier molecular flexibility index (Phi) is 7.64. The Balaban J connectivity index is 1.45. The van der Waals surface area contributed by atoms with Crippen molar-refractivity contribution >= 4 is 0 Å². The third kappa shape index (κ3) is 6.30. The molecule has 1 aliphatic rings. The van der Waals surface area contributed by atoms with E-state index in [1.807, 2.05) is 24.3 Å². The molecule has 122 valence electrons. The van der Waals surface area contributed by atoms with Crippen molar-refractivity contribution in [1.29, 1.82) is 0 Å². The lowest BCUT2D eigenvalue weighted by Gasteiger charge is -2.22.